The summed E-state index contributed by atoms with van der Waals surface area (Å²) in [5.74, 6) is 2.23. The SMILES string of the molecule is C#CC(C)(O)c1cncnc1. The molecule has 1 aromatic rings. The number of nitrogens with zero attached hydrogens (tertiary/aromatic N) is 2. The Morgan fingerprint density at radius 3 is 2.55 bits per heavy atom. The van der Waals surface area contributed by atoms with Crippen LogP contribution in [0, 0.1) is 12.3 Å². The molecule has 3 heteroatoms. The van der Waals surface area contributed by atoms with Crippen molar-refractivity contribution < 1.29 is 5.11 Å². The third kappa shape index (κ3) is 1.54. The van der Waals surface area contributed by atoms with Crippen LogP contribution in [0.3, 0.4) is 0 Å². The molecular formula is C8H8N2O. The molecule has 1 N–H and O–H groups in total. The molecule has 1 atom stereocenters. The van der Waals surface area contributed by atoms with Crippen LogP contribution >= 0.6 is 0 Å². The Morgan fingerprint density at radius 2 is 2.09 bits per heavy atom. The highest BCUT2D eigenvalue weighted by atomic mass is 16.3. The molecule has 0 aromatic carbocycles. The van der Waals surface area contributed by atoms with E-state index >= 15 is 0 Å². The van der Waals surface area contributed by atoms with E-state index in [-0.39, 0.29) is 0 Å². The molecule has 0 saturated heterocycles. The van der Waals surface area contributed by atoms with E-state index < -0.39 is 5.60 Å². The highest BCUT2D eigenvalue weighted by Crippen LogP contribution is 2.16. The molecule has 0 amide bonds. The molecule has 0 aliphatic rings. The smallest absolute Gasteiger partial charge is 0.150 e. The fourth-order valence-electron chi connectivity index (χ4n) is 0.634. The largest absolute Gasteiger partial charge is 0.374 e. The van der Waals surface area contributed by atoms with Crippen molar-refractivity contribution in [2.75, 3.05) is 0 Å². The minimum Gasteiger partial charge on any atom is -0.374 e. The minimum absolute atomic E-state index is 0.530. The maximum atomic E-state index is 9.48. The van der Waals surface area contributed by atoms with Gasteiger partial charge in [0, 0.05) is 18.0 Å². The van der Waals surface area contributed by atoms with Gasteiger partial charge in [-0.2, -0.15) is 0 Å². The first-order chi connectivity index (χ1) is 5.17. The normalized spacial score (nSPS) is 15.0. The van der Waals surface area contributed by atoms with Gasteiger partial charge in [0.05, 0.1) is 0 Å². The van der Waals surface area contributed by atoms with Gasteiger partial charge in [-0.05, 0) is 6.92 Å². The predicted molar refractivity (Wildman–Crippen MR) is 40.4 cm³/mol. The van der Waals surface area contributed by atoms with Gasteiger partial charge in [-0.15, -0.1) is 6.42 Å². The zero-order chi connectivity index (χ0) is 8.32. The Hall–Kier alpha value is -1.40. The molecule has 0 spiro atoms. The van der Waals surface area contributed by atoms with Crippen LogP contribution in [0.5, 0.6) is 0 Å². The quantitative estimate of drug-likeness (QED) is 0.583. The molecule has 0 aliphatic carbocycles. The molecule has 0 saturated carbocycles. The molecule has 0 radical (unpaired) electrons. The third-order valence-corrected chi connectivity index (χ3v) is 1.40. The van der Waals surface area contributed by atoms with Crippen LogP contribution in [-0.2, 0) is 5.60 Å². The Labute approximate surface area is 65.1 Å². The van der Waals surface area contributed by atoms with E-state index in [1.165, 1.54) is 25.6 Å². The van der Waals surface area contributed by atoms with Gasteiger partial charge in [0.2, 0.25) is 0 Å². The van der Waals surface area contributed by atoms with Crippen LogP contribution in [0.1, 0.15) is 12.5 Å². The number of rotatable bonds is 1. The summed E-state index contributed by atoms with van der Waals surface area (Å²) in [7, 11) is 0. The third-order valence-electron chi connectivity index (χ3n) is 1.40. The van der Waals surface area contributed by atoms with Crippen LogP contribution in [0.4, 0.5) is 0 Å². The molecule has 1 unspecified atom stereocenters. The van der Waals surface area contributed by atoms with Crippen LogP contribution in [0.25, 0.3) is 0 Å². The van der Waals surface area contributed by atoms with E-state index in [2.05, 4.69) is 15.9 Å². The number of terminal acetylenes is 1. The van der Waals surface area contributed by atoms with Crippen molar-refractivity contribution in [3.8, 4) is 12.3 Å². The maximum absolute atomic E-state index is 9.48. The van der Waals surface area contributed by atoms with Crippen molar-refractivity contribution in [2.45, 2.75) is 12.5 Å². The van der Waals surface area contributed by atoms with Crippen molar-refractivity contribution in [3.63, 3.8) is 0 Å². The van der Waals surface area contributed by atoms with Gasteiger partial charge >= 0.3 is 0 Å². The summed E-state index contributed by atoms with van der Waals surface area (Å²) in [6.45, 7) is 1.52. The average molecular weight is 148 g/mol. The number of hydrogen-bond acceptors (Lipinski definition) is 3. The fraction of sp³-hybridized carbons (Fsp3) is 0.250. The van der Waals surface area contributed by atoms with Gasteiger partial charge in [0.15, 0.2) is 5.60 Å². The van der Waals surface area contributed by atoms with E-state index in [0.29, 0.717) is 5.56 Å². The van der Waals surface area contributed by atoms with Gasteiger partial charge in [-0.25, -0.2) is 9.97 Å². The summed E-state index contributed by atoms with van der Waals surface area (Å²) >= 11 is 0. The zero-order valence-electron chi connectivity index (χ0n) is 6.15. The number of aliphatic hydroxyl groups is 1. The minimum atomic E-state index is -1.26. The standard InChI is InChI=1S/C8H8N2O/c1-3-8(2,11)7-4-9-6-10-5-7/h1,4-6,11H,2H3. The van der Waals surface area contributed by atoms with Crippen molar-refractivity contribution >= 4 is 0 Å². The summed E-state index contributed by atoms with van der Waals surface area (Å²) in [6, 6.07) is 0. The first-order valence-corrected chi connectivity index (χ1v) is 3.12. The highest BCUT2D eigenvalue weighted by molar-refractivity contribution is 5.23. The van der Waals surface area contributed by atoms with E-state index in [4.69, 9.17) is 6.42 Å². The fourth-order valence-corrected chi connectivity index (χ4v) is 0.634. The lowest BCUT2D eigenvalue weighted by molar-refractivity contribution is 0.121. The van der Waals surface area contributed by atoms with E-state index in [1.54, 1.807) is 0 Å². The summed E-state index contributed by atoms with van der Waals surface area (Å²) < 4.78 is 0. The molecule has 3 nitrogen and oxygen atoms in total. The molecule has 1 rings (SSSR count). The summed E-state index contributed by atoms with van der Waals surface area (Å²) in [6.07, 6.45) is 9.45. The van der Waals surface area contributed by atoms with Gasteiger partial charge in [0.1, 0.15) is 6.33 Å². The summed E-state index contributed by atoms with van der Waals surface area (Å²) in [5.41, 5.74) is -0.733. The Kier molecular flexibility index (Phi) is 1.88. The first kappa shape index (κ1) is 7.70. The number of hydrogen-bond donors (Lipinski definition) is 1. The Bertz CT molecular complexity index is 274. The van der Waals surface area contributed by atoms with E-state index in [9.17, 15) is 5.11 Å². The molecule has 11 heavy (non-hydrogen) atoms. The van der Waals surface area contributed by atoms with Gasteiger partial charge < -0.3 is 5.11 Å². The lowest BCUT2D eigenvalue weighted by Gasteiger charge is -2.14. The second kappa shape index (κ2) is 2.69. The van der Waals surface area contributed by atoms with Gasteiger partial charge in [0.25, 0.3) is 0 Å². The maximum Gasteiger partial charge on any atom is 0.150 e. The molecule has 56 valence electrons. The predicted octanol–water partition coefficient (Wildman–Crippen LogP) is 0.317. The van der Waals surface area contributed by atoms with Crippen molar-refractivity contribution in [2.24, 2.45) is 0 Å². The first-order valence-electron chi connectivity index (χ1n) is 3.12. The molecule has 1 aromatic heterocycles. The lowest BCUT2D eigenvalue weighted by Crippen LogP contribution is -2.18. The molecule has 0 fully saturated rings. The molecular weight excluding hydrogens is 140 g/mol. The lowest BCUT2D eigenvalue weighted by atomic mass is 10.0. The van der Waals surface area contributed by atoms with Crippen molar-refractivity contribution in [3.05, 3.63) is 24.3 Å². The topological polar surface area (TPSA) is 46.0 Å². The molecule has 1 heterocycles. The van der Waals surface area contributed by atoms with Crippen LogP contribution in [0.15, 0.2) is 18.7 Å². The van der Waals surface area contributed by atoms with Gasteiger partial charge in [-0.1, -0.05) is 5.92 Å². The van der Waals surface area contributed by atoms with Crippen LogP contribution in [0.2, 0.25) is 0 Å². The monoisotopic (exact) mass is 148 g/mol. The van der Waals surface area contributed by atoms with E-state index in [0.717, 1.165) is 0 Å². The van der Waals surface area contributed by atoms with E-state index in [1.807, 2.05) is 0 Å². The average Bonchev–Trinajstić information content (AvgIpc) is 2.06. The van der Waals surface area contributed by atoms with Crippen LogP contribution in [-0.4, -0.2) is 15.1 Å². The Balaban J connectivity index is 3.05. The number of aromatic nitrogens is 2. The van der Waals surface area contributed by atoms with Crippen LogP contribution < -0.4 is 0 Å². The van der Waals surface area contributed by atoms with Crippen molar-refractivity contribution in [1.82, 2.24) is 9.97 Å². The second-order valence-corrected chi connectivity index (χ2v) is 2.34. The summed E-state index contributed by atoms with van der Waals surface area (Å²) in [4.78, 5) is 7.46. The summed E-state index contributed by atoms with van der Waals surface area (Å²) in [5, 5.41) is 9.48. The molecule has 0 aliphatic heterocycles. The van der Waals surface area contributed by atoms with Crippen molar-refractivity contribution in [1.29, 1.82) is 0 Å². The second-order valence-electron chi connectivity index (χ2n) is 2.34. The van der Waals surface area contributed by atoms with Gasteiger partial charge in [-0.3, -0.25) is 0 Å². The highest BCUT2D eigenvalue weighted by Gasteiger charge is 2.19. The zero-order valence-corrected chi connectivity index (χ0v) is 6.15. The Morgan fingerprint density at radius 1 is 1.55 bits per heavy atom. The molecule has 0 bridgehead atoms.